The number of carboxylic acid groups (broad SMARTS) is 1. The molecule has 1 saturated heterocycles. The van der Waals surface area contributed by atoms with Crippen LogP contribution < -0.4 is 5.32 Å². The van der Waals surface area contributed by atoms with Crippen molar-refractivity contribution < 1.29 is 23.9 Å². The van der Waals surface area contributed by atoms with Gasteiger partial charge in [0.1, 0.15) is 11.9 Å². The number of carbonyl (C=O) groups is 3. The van der Waals surface area contributed by atoms with Crippen LogP contribution in [-0.4, -0.2) is 46.9 Å². The van der Waals surface area contributed by atoms with Gasteiger partial charge in [0, 0.05) is 35.1 Å². The second kappa shape index (κ2) is 8.93. The Bertz CT molecular complexity index is 730. The van der Waals surface area contributed by atoms with Crippen LogP contribution in [0.25, 0.3) is 6.08 Å². The number of carboxylic acids is 1. The van der Waals surface area contributed by atoms with E-state index in [1.807, 2.05) is 0 Å². The molecule has 2 N–H and O–H groups in total. The van der Waals surface area contributed by atoms with Gasteiger partial charge < -0.3 is 15.3 Å². The van der Waals surface area contributed by atoms with Crippen molar-refractivity contribution in [3.8, 4) is 0 Å². The fourth-order valence-electron chi connectivity index (χ4n) is 2.66. The van der Waals surface area contributed by atoms with Gasteiger partial charge in [-0.1, -0.05) is 22.0 Å². The Kier molecular flexibility index (Phi) is 6.90. The van der Waals surface area contributed by atoms with Crippen molar-refractivity contribution in [2.45, 2.75) is 25.8 Å². The Morgan fingerprint density at radius 3 is 2.58 bits per heavy atom. The van der Waals surface area contributed by atoms with Crippen LogP contribution >= 0.6 is 15.9 Å². The number of rotatable bonds is 5. The summed E-state index contributed by atoms with van der Waals surface area (Å²) < 4.78 is 14.4. The van der Waals surface area contributed by atoms with Crippen LogP contribution in [0.3, 0.4) is 0 Å². The number of nitrogens with one attached hydrogen (secondary N) is 1. The third-order valence-corrected chi connectivity index (χ3v) is 4.77. The predicted octanol–water partition coefficient (Wildman–Crippen LogP) is 2.43. The molecule has 0 bridgehead atoms. The molecule has 2 rings (SSSR count). The summed E-state index contributed by atoms with van der Waals surface area (Å²) in [7, 11) is 0. The van der Waals surface area contributed by atoms with Gasteiger partial charge in [0.15, 0.2) is 0 Å². The summed E-state index contributed by atoms with van der Waals surface area (Å²) in [5.74, 6) is -2.37. The van der Waals surface area contributed by atoms with Crippen molar-refractivity contribution in [2.24, 2.45) is 5.92 Å². The standard InChI is InChI=1S/C18H20BrFN2O4/c1-11(18(25)26)21-17(24)13-6-8-22(9-7-13)16(23)5-3-12-2-4-14(19)10-15(12)20/h2-5,10-11,13H,6-9H2,1H3,(H,21,24)(H,25,26)/b5-3+. The molecule has 0 saturated carbocycles. The number of benzene rings is 1. The highest BCUT2D eigenvalue weighted by Gasteiger charge is 2.28. The Labute approximate surface area is 159 Å². The first kappa shape index (κ1) is 20.1. The van der Waals surface area contributed by atoms with Gasteiger partial charge in [-0.25, -0.2) is 4.39 Å². The number of aliphatic carboxylic acids is 1. The molecule has 140 valence electrons. The van der Waals surface area contributed by atoms with Gasteiger partial charge in [-0.15, -0.1) is 0 Å². The topological polar surface area (TPSA) is 86.7 Å². The molecule has 0 radical (unpaired) electrons. The second-order valence-electron chi connectivity index (χ2n) is 6.17. The van der Waals surface area contributed by atoms with Gasteiger partial charge in [-0.3, -0.25) is 14.4 Å². The zero-order chi connectivity index (χ0) is 19.3. The lowest BCUT2D eigenvalue weighted by Gasteiger charge is -2.31. The Balaban J connectivity index is 1.87. The average molecular weight is 427 g/mol. The largest absolute Gasteiger partial charge is 0.480 e. The first-order valence-corrected chi connectivity index (χ1v) is 9.02. The summed E-state index contributed by atoms with van der Waals surface area (Å²) in [6, 6.07) is 3.65. The average Bonchev–Trinajstić information content (AvgIpc) is 2.60. The minimum absolute atomic E-state index is 0.245. The molecule has 1 fully saturated rings. The molecular formula is C18H20BrFN2O4. The maximum Gasteiger partial charge on any atom is 0.325 e. The van der Waals surface area contributed by atoms with Crippen LogP contribution in [0, 0.1) is 11.7 Å². The van der Waals surface area contributed by atoms with E-state index in [1.165, 1.54) is 25.1 Å². The third kappa shape index (κ3) is 5.39. The zero-order valence-electron chi connectivity index (χ0n) is 14.2. The van der Waals surface area contributed by atoms with Crippen LogP contribution in [-0.2, 0) is 14.4 Å². The van der Waals surface area contributed by atoms with E-state index in [-0.39, 0.29) is 17.7 Å². The molecular weight excluding hydrogens is 407 g/mol. The molecule has 0 aliphatic carbocycles. The molecule has 1 aromatic rings. The number of amides is 2. The Morgan fingerprint density at radius 1 is 1.35 bits per heavy atom. The van der Waals surface area contributed by atoms with E-state index in [0.29, 0.717) is 36.0 Å². The number of halogens is 2. The maximum atomic E-state index is 13.8. The SMILES string of the molecule is CC(NC(=O)C1CCN(C(=O)/C=C/c2ccc(Br)cc2F)CC1)C(=O)O. The Hall–Kier alpha value is -2.22. The number of likely N-dealkylation sites (tertiary alicyclic amines) is 1. The van der Waals surface area contributed by atoms with Crippen molar-refractivity contribution in [1.82, 2.24) is 10.2 Å². The molecule has 6 nitrogen and oxygen atoms in total. The van der Waals surface area contributed by atoms with Crippen molar-refractivity contribution >= 4 is 39.8 Å². The number of nitrogens with zero attached hydrogens (tertiary/aromatic N) is 1. The smallest absolute Gasteiger partial charge is 0.325 e. The molecule has 1 atom stereocenters. The highest BCUT2D eigenvalue weighted by atomic mass is 79.9. The molecule has 0 spiro atoms. The summed E-state index contributed by atoms with van der Waals surface area (Å²) in [5, 5.41) is 11.3. The van der Waals surface area contributed by atoms with Gasteiger partial charge in [-0.05, 0) is 38.0 Å². The summed E-state index contributed by atoms with van der Waals surface area (Å²) in [5.41, 5.74) is 0.318. The van der Waals surface area contributed by atoms with Crippen LogP contribution in [0.1, 0.15) is 25.3 Å². The van der Waals surface area contributed by atoms with Gasteiger partial charge in [0.25, 0.3) is 0 Å². The van der Waals surface area contributed by atoms with Gasteiger partial charge in [-0.2, -0.15) is 0 Å². The molecule has 1 aliphatic rings. The number of piperidine rings is 1. The summed E-state index contributed by atoms with van der Waals surface area (Å²) >= 11 is 3.17. The number of carbonyl (C=O) groups excluding carboxylic acids is 2. The molecule has 1 aliphatic heterocycles. The van der Waals surface area contributed by atoms with E-state index in [0.717, 1.165) is 0 Å². The summed E-state index contributed by atoms with van der Waals surface area (Å²) in [6.45, 7) is 2.20. The first-order valence-electron chi connectivity index (χ1n) is 8.23. The van der Waals surface area contributed by atoms with E-state index >= 15 is 0 Å². The van der Waals surface area contributed by atoms with Gasteiger partial charge >= 0.3 is 5.97 Å². The first-order chi connectivity index (χ1) is 12.3. The molecule has 0 aromatic heterocycles. The fraction of sp³-hybridized carbons (Fsp3) is 0.389. The number of hydrogen-bond donors (Lipinski definition) is 2. The van der Waals surface area contributed by atoms with E-state index in [9.17, 15) is 18.8 Å². The molecule has 1 unspecified atom stereocenters. The molecule has 1 heterocycles. The van der Waals surface area contributed by atoms with Crippen molar-refractivity contribution in [3.05, 3.63) is 40.1 Å². The summed E-state index contributed by atoms with van der Waals surface area (Å²) in [6.07, 6.45) is 3.67. The van der Waals surface area contributed by atoms with E-state index in [2.05, 4.69) is 21.2 Å². The van der Waals surface area contributed by atoms with Gasteiger partial charge in [0.05, 0.1) is 0 Å². The van der Waals surface area contributed by atoms with E-state index in [1.54, 1.807) is 17.0 Å². The normalized spacial score (nSPS) is 16.5. The second-order valence-corrected chi connectivity index (χ2v) is 7.08. The predicted molar refractivity (Wildman–Crippen MR) is 97.7 cm³/mol. The molecule has 1 aromatic carbocycles. The van der Waals surface area contributed by atoms with Crippen molar-refractivity contribution in [2.75, 3.05) is 13.1 Å². The molecule has 26 heavy (non-hydrogen) atoms. The zero-order valence-corrected chi connectivity index (χ0v) is 15.8. The van der Waals surface area contributed by atoms with Crippen LogP contribution in [0.4, 0.5) is 4.39 Å². The monoisotopic (exact) mass is 426 g/mol. The maximum absolute atomic E-state index is 13.8. The minimum Gasteiger partial charge on any atom is -0.480 e. The highest BCUT2D eigenvalue weighted by Crippen LogP contribution is 2.19. The van der Waals surface area contributed by atoms with Crippen LogP contribution in [0.15, 0.2) is 28.7 Å². The lowest BCUT2D eigenvalue weighted by molar-refractivity contribution is -0.142. The molecule has 8 heteroatoms. The van der Waals surface area contributed by atoms with Crippen molar-refractivity contribution in [3.63, 3.8) is 0 Å². The van der Waals surface area contributed by atoms with E-state index in [4.69, 9.17) is 5.11 Å². The van der Waals surface area contributed by atoms with Crippen LogP contribution in [0.5, 0.6) is 0 Å². The lowest BCUT2D eigenvalue weighted by Crippen LogP contribution is -2.46. The summed E-state index contributed by atoms with van der Waals surface area (Å²) in [4.78, 5) is 36.6. The lowest BCUT2D eigenvalue weighted by atomic mass is 9.95. The molecule has 2 amide bonds. The number of hydrogen-bond acceptors (Lipinski definition) is 3. The highest BCUT2D eigenvalue weighted by molar-refractivity contribution is 9.10. The Morgan fingerprint density at radius 2 is 2.00 bits per heavy atom. The van der Waals surface area contributed by atoms with Crippen molar-refractivity contribution in [1.29, 1.82) is 0 Å². The third-order valence-electron chi connectivity index (χ3n) is 4.27. The minimum atomic E-state index is -1.09. The van der Waals surface area contributed by atoms with E-state index < -0.39 is 17.8 Å². The van der Waals surface area contributed by atoms with Crippen LogP contribution in [0.2, 0.25) is 0 Å². The fourth-order valence-corrected chi connectivity index (χ4v) is 2.99. The van der Waals surface area contributed by atoms with Gasteiger partial charge in [0.2, 0.25) is 11.8 Å². The quantitative estimate of drug-likeness (QED) is 0.707.